The monoisotopic (exact) mass is 342 g/mol. The minimum Gasteiger partial charge on any atom is -0.497 e. The lowest BCUT2D eigenvalue weighted by Gasteiger charge is -2.47. The van der Waals surface area contributed by atoms with E-state index in [4.69, 9.17) is 9.47 Å². The van der Waals surface area contributed by atoms with Crippen LogP contribution < -0.4 is 9.47 Å². The van der Waals surface area contributed by atoms with Gasteiger partial charge in [-0.1, -0.05) is 12.1 Å². The third kappa shape index (κ3) is 3.37. The number of hydrogen-bond acceptors (Lipinski definition) is 5. The van der Waals surface area contributed by atoms with Crippen LogP contribution in [0.1, 0.15) is 12.0 Å². The Labute approximate surface area is 147 Å². The Morgan fingerprint density at radius 2 is 2.04 bits per heavy atom. The minimum absolute atomic E-state index is 0.308. The minimum atomic E-state index is 0.308. The summed E-state index contributed by atoms with van der Waals surface area (Å²) in [5.74, 6) is 2.88. The van der Waals surface area contributed by atoms with Gasteiger partial charge in [-0.2, -0.15) is 0 Å². The van der Waals surface area contributed by atoms with Gasteiger partial charge in [-0.3, -0.25) is 9.88 Å². The van der Waals surface area contributed by atoms with Gasteiger partial charge in [0.2, 0.25) is 0 Å². The van der Waals surface area contributed by atoms with Gasteiger partial charge < -0.3 is 9.47 Å². The molecule has 1 aromatic carbocycles. The number of rotatable bonds is 5. The van der Waals surface area contributed by atoms with Crippen molar-refractivity contribution in [1.29, 1.82) is 0 Å². The maximum Gasteiger partial charge on any atom is 0.138 e. The lowest BCUT2D eigenvalue weighted by Crippen LogP contribution is -2.58. The summed E-state index contributed by atoms with van der Waals surface area (Å²) in [6.45, 7) is 3.31. The number of benzene rings is 1. The number of hydrogen-bond donors (Lipinski definition) is 0. The first-order valence-corrected chi connectivity index (χ1v) is 9.29. The zero-order valence-corrected chi connectivity index (χ0v) is 14.7. The summed E-state index contributed by atoms with van der Waals surface area (Å²) < 4.78 is 11.7. The van der Waals surface area contributed by atoms with E-state index in [1.54, 1.807) is 19.5 Å². The van der Waals surface area contributed by atoms with Crippen molar-refractivity contribution in [2.24, 2.45) is 0 Å². The molecule has 0 bridgehead atoms. The third-order valence-corrected chi connectivity index (χ3v) is 6.28. The first-order chi connectivity index (χ1) is 11.7. The number of thioether (sulfide) groups is 1. The van der Waals surface area contributed by atoms with E-state index in [1.807, 2.05) is 24.3 Å². The average Bonchev–Trinajstić information content (AvgIpc) is 3.00. The van der Waals surface area contributed by atoms with Crippen LogP contribution in [0.5, 0.6) is 11.5 Å². The lowest BCUT2D eigenvalue weighted by molar-refractivity contribution is 0.0920. The Morgan fingerprint density at radius 1 is 1.21 bits per heavy atom. The summed E-state index contributed by atoms with van der Waals surface area (Å²) in [5.41, 5.74) is 1.34. The largest absolute Gasteiger partial charge is 0.497 e. The highest BCUT2D eigenvalue weighted by molar-refractivity contribution is 8.01. The van der Waals surface area contributed by atoms with Gasteiger partial charge in [0.25, 0.3) is 0 Å². The quantitative estimate of drug-likeness (QED) is 0.833. The van der Waals surface area contributed by atoms with E-state index in [-0.39, 0.29) is 0 Å². The SMILES string of the molecule is COc1ccc(CN2CC3(C[C@H](Oc4cccnc4)CS3)C2)cc1. The Hall–Kier alpha value is -1.72. The molecule has 2 aliphatic heterocycles. The second kappa shape index (κ2) is 6.65. The highest BCUT2D eigenvalue weighted by atomic mass is 32.2. The molecule has 0 unspecified atom stereocenters. The van der Waals surface area contributed by atoms with E-state index in [1.165, 1.54) is 5.56 Å². The molecule has 2 fully saturated rings. The third-order valence-electron chi connectivity index (χ3n) is 4.70. The normalized spacial score (nSPS) is 22.3. The van der Waals surface area contributed by atoms with Gasteiger partial charge in [0, 0.05) is 42.8 Å². The fraction of sp³-hybridized carbons (Fsp3) is 0.421. The Kier molecular flexibility index (Phi) is 4.37. The van der Waals surface area contributed by atoms with Crippen LogP contribution in [0, 0.1) is 0 Å². The van der Waals surface area contributed by atoms with Crippen molar-refractivity contribution < 1.29 is 9.47 Å². The zero-order valence-electron chi connectivity index (χ0n) is 13.9. The van der Waals surface area contributed by atoms with E-state index < -0.39 is 0 Å². The highest BCUT2D eigenvalue weighted by Crippen LogP contribution is 2.46. The molecule has 2 saturated heterocycles. The number of aromatic nitrogens is 1. The summed E-state index contributed by atoms with van der Waals surface area (Å²) in [6, 6.07) is 12.3. The molecule has 2 aromatic rings. The molecular formula is C19H22N2O2S. The van der Waals surface area contributed by atoms with Crippen LogP contribution in [-0.2, 0) is 6.54 Å². The van der Waals surface area contributed by atoms with E-state index in [0.29, 0.717) is 10.9 Å². The van der Waals surface area contributed by atoms with Crippen molar-refractivity contribution in [3.8, 4) is 11.5 Å². The molecule has 1 aromatic heterocycles. The van der Waals surface area contributed by atoms with Crippen molar-refractivity contribution >= 4 is 11.8 Å². The molecule has 24 heavy (non-hydrogen) atoms. The molecule has 0 aliphatic carbocycles. The van der Waals surface area contributed by atoms with Crippen molar-refractivity contribution in [3.05, 3.63) is 54.4 Å². The van der Waals surface area contributed by atoms with Crippen molar-refractivity contribution in [1.82, 2.24) is 9.88 Å². The second-order valence-electron chi connectivity index (χ2n) is 6.62. The van der Waals surface area contributed by atoms with Gasteiger partial charge in [-0.25, -0.2) is 0 Å². The van der Waals surface area contributed by atoms with Gasteiger partial charge in [0.05, 0.1) is 13.3 Å². The van der Waals surface area contributed by atoms with Crippen LogP contribution in [0.2, 0.25) is 0 Å². The summed E-state index contributed by atoms with van der Waals surface area (Å²) in [6.07, 6.45) is 5.01. The van der Waals surface area contributed by atoms with Crippen LogP contribution in [0.4, 0.5) is 0 Å². The molecular weight excluding hydrogens is 320 g/mol. The van der Waals surface area contributed by atoms with Crippen LogP contribution in [0.3, 0.4) is 0 Å². The summed E-state index contributed by atoms with van der Waals surface area (Å²) in [7, 11) is 1.70. The van der Waals surface area contributed by atoms with Crippen LogP contribution >= 0.6 is 11.8 Å². The molecule has 3 heterocycles. The number of pyridine rings is 1. The molecule has 0 N–H and O–H groups in total. The molecule has 2 aliphatic rings. The first kappa shape index (κ1) is 15.8. The van der Waals surface area contributed by atoms with Gasteiger partial charge in [-0.05, 0) is 29.8 Å². The van der Waals surface area contributed by atoms with Crippen LogP contribution in [0.15, 0.2) is 48.8 Å². The molecule has 1 atom stereocenters. The van der Waals surface area contributed by atoms with Gasteiger partial charge in [0.15, 0.2) is 0 Å². The van der Waals surface area contributed by atoms with Crippen molar-refractivity contribution in [3.63, 3.8) is 0 Å². The standard InChI is InChI=1S/C19H22N2O2S/c1-22-16-6-4-15(5-7-16)11-21-13-19(14-21)9-18(12-24-19)23-17-3-2-8-20-10-17/h2-8,10,18H,9,11-14H2,1H3/t18-/m0/s1. The zero-order chi connectivity index (χ0) is 16.4. The molecule has 0 radical (unpaired) electrons. The van der Waals surface area contributed by atoms with Crippen molar-refractivity contribution in [2.45, 2.75) is 23.8 Å². The number of ether oxygens (including phenoxy) is 2. The first-order valence-electron chi connectivity index (χ1n) is 8.31. The average molecular weight is 342 g/mol. The van der Waals surface area contributed by atoms with E-state index in [2.05, 4.69) is 33.8 Å². The summed E-state index contributed by atoms with van der Waals surface area (Å²) in [4.78, 5) is 6.63. The molecule has 0 saturated carbocycles. The molecule has 1 spiro atoms. The predicted molar refractivity (Wildman–Crippen MR) is 96.7 cm³/mol. The van der Waals surface area contributed by atoms with Crippen LogP contribution in [0.25, 0.3) is 0 Å². The topological polar surface area (TPSA) is 34.6 Å². The van der Waals surface area contributed by atoms with Crippen LogP contribution in [-0.4, -0.2) is 46.7 Å². The number of likely N-dealkylation sites (tertiary alicyclic amines) is 1. The number of methoxy groups -OCH3 is 1. The highest BCUT2D eigenvalue weighted by Gasteiger charge is 2.49. The van der Waals surface area contributed by atoms with Crippen molar-refractivity contribution in [2.75, 3.05) is 26.0 Å². The molecule has 4 rings (SSSR count). The fourth-order valence-corrected chi connectivity index (χ4v) is 5.15. The van der Waals surface area contributed by atoms with Gasteiger partial charge in [-0.15, -0.1) is 11.8 Å². The van der Waals surface area contributed by atoms with E-state index in [0.717, 1.165) is 43.3 Å². The number of nitrogens with zero attached hydrogens (tertiary/aromatic N) is 2. The van der Waals surface area contributed by atoms with E-state index >= 15 is 0 Å². The maximum atomic E-state index is 6.07. The Bertz CT molecular complexity index is 672. The predicted octanol–water partition coefficient (Wildman–Crippen LogP) is 3.23. The van der Waals surface area contributed by atoms with E-state index in [9.17, 15) is 0 Å². The smallest absolute Gasteiger partial charge is 0.138 e. The molecule has 5 heteroatoms. The summed E-state index contributed by atoms with van der Waals surface area (Å²) >= 11 is 2.07. The molecule has 0 amide bonds. The molecule has 126 valence electrons. The maximum absolute atomic E-state index is 6.07. The second-order valence-corrected chi connectivity index (χ2v) is 8.11. The Balaban J connectivity index is 1.27. The molecule has 4 nitrogen and oxygen atoms in total. The van der Waals surface area contributed by atoms with Gasteiger partial charge in [0.1, 0.15) is 17.6 Å². The summed E-state index contributed by atoms with van der Waals surface area (Å²) in [5, 5.41) is 0. The fourth-order valence-electron chi connectivity index (χ4n) is 3.58. The lowest BCUT2D eigenvalue weighted by atomic mass is 9.92. The van der Waals surface area contributed by atoms with Gasteiger partial charge >= 0.3 is 0 Å². The Morgan fingerprint density at radius 3 is 2.75 bits per heavy atom.